The lowest BCUT2D eigenvalue weighted by atomic mass is 9.95. The Labute approximate surface area is 118 Å². The summed E-state index contributed by atoms with van der Waals surface area (Å²) >= 11 is 0. The number of aromatic nitrogens is 1. The van der Waals surface area contributed by atoms with Crippen LogP contribution in [-0.2, 0) is 11.2 Å². The molecule has 1 amide bonds. The normalized spacial score (nSPS) is 11.2. The Balaban J connectivity index is 2.01. The molecule has 0 saturated heterocycles. The predicted octanol–water partition coefficient (Wildman–Crippen LogP) is 2.91. The minimum atomic E-state index is -0.313. The van der Waals surface area contributed by atoms with Gasteiger partial charge >= 0.3 is 0 Å². The maximum absolute atomic E-state index is 11.5. The largest absolute Gasteiger partial charge is 0.361 e. The van der Waals surface area contributed by atoms with Crippen molar-refractivity contribution in [3.63, 3.8) is 0 Å². The summed E-state index contributed by atoms with van der Waals surface area (Å²) in [5.41, 5.74) is 2.07. The third-order valence-corrected chi connectivity index (χ3v) is 3.41. The first kappa shape index (κ1) is 14.1. The molecule has 2 rings (SSSR count). The van der Waals surface area contributed by atoms with Gasteiger partial charge < -0.3 is 10.3 Å². The van der Waals surface area contributed by atoms with Crippen LogP contribution in [0.1, 0.15) is 32.3 Å². The van der Waals surface area contributed by atoms with Crippen LogP contribution in [0.3, 0.4) is 0 Å². The number of hydrogen-bond acceptors (Lipinski definition) is 2. The van der Waals surface area contributed by atoms with Crippen molar-refractivity contribution in [3.05, 3.63) is 36.0 Å². The van der Waals surface area contributed by atoms with Gasteiger partial charge in [0, 0.05) is 22.6 Å². The molecule has 4 nitrogen and oxygen atoms in total. The van der Waals surface area contributed by atoms with Crippen LogP contribution in [0.2, 0.25) is 0 Å². The summed E-state index contributed by atoms with van der Waals surface area (Å²) in [6.45, 7) is 3.97. The molecule has 20 heavy (non-hydrogen) atoms. The number of nitrogens with zero attached hydrogens (tertiary/aromatic N) is 1. The average molecular weight is 269 g/mol. The van der Waals surface area contributed by atoms with Crippen LogP contribution < -0.4 is 5.32 Å². The van der Waals surface area contributed by atoms with Gasteiger partial charge in [0.25, 0.3) is 0 Å². The van der Waals surface area contributed by atoms with Gasteiger partial charge in [0.05, 0.1) is 6.07 Å². The number of fused-ring (bicyclic) bond motifs is 1. The van der Waals surface area contributed by atoms with Crippen LogP contribution in [0.25, 0.3) is 10.9 Å². The first-order valence-electron chi connectivity index (χ1n) is 6.75. The predicted molar refractivity (Wildman–Crippen MR) is 79.1 cm³/mol. The number of nitrogens with one attached hydrogen (secondary N) is 2. The summed E-state index contributed by atoms with van der Waals surface area (Å²) in [6, 6.07) is 10.1. The lowest BCUT2D eigenvalue weighted by Gasteiger charge is -2.25. The van der Waals surface area contributed by atoms with Crippen molar-refractivity contribution >= 4 is 16.8 Å². The summed E-state index contributed by atoms with van der Waals surface area (Å²) in [4.78, 5) is 14.7. The highest BCUT2D eigenvalue weighted by Gasteiger charge is 2.20. The molecule has 0 spiro atoms. The van der Waals surface area contributed by atoms with Crippen molar-refractivity contribution in [2.24, 2.45) is 0 Å². The number of para-hydroxylation sites is 1. The summed E-state index contributed by atoms with van der Waals surface area (Å²) in [6.07, 6.45) is 3.64. The molecule has 0 bridgehead atoms. The van der Waals surface area contributed by atoms with Gasteiger partial charge in [-0.2, -0.15) is 5.26 Å². The quantitative estimate of drug-likeness (QED) is 0.876. The topological polar surface area (TPSA) is 68.7 Å². The molecule has 2 aromatic rings. The molecule has 1 heterocycles. The van der Waals surface area contributed by atoms with Crippen LogP contribution >= 0.6 is 0 Å². The Bertz CT molecular complexity index is 649. The highest BCUT2D eigenvalue weighted by molar-refractivity contribution is 5.83. The van der Waals surface area contributed by atoms with E-state index in [4.69, 9.17) is 5.26 Å². The van der Waals surface area contributed by atoms with E-state index >= 15 is 0 Å². The number of carbonyl (C=O) groups is 1. The number of carbonyl (C=O) groups excluding carboxylic acids is 1. The van der Waals surface area contributed by atoms with Gasteiger partial charge in [0.2, 0.25) is 5.91 Å². The molecule has 0 aliphatic rings. The number of nitriles is 1. The number of benzene rings is 1. The van der Waals surface area contributed by atoms with E-state index < -0.39 is 0 Å². The Hall–Kier alpha value is -2.28. The van der Waals surface area contributed by atoms with Crippen molar-refractivity contribution in [3.8, 4) is 6.07 Å². The van der Waals surface area contributed by atoms with E-state index in [1.165, 1.54) is 10.9 Å². The van der Waals surface area contributed by atoms with Gasteiger partial charge in [-0.05, 0) is 38.3 Å². The van der Waals surface area contributed by atoms with Gasteiger partial charge in [-0.25, -0.2) is 0 Å². The monoisotopic (exact) mass is 269 g/mol. The smallest absolute Gasteiger partial charge is 0.234 e. The van der Waals surface area contributed by atoms with Crippen LogP contribution in [0.5, 0.6) is 0 Å². The van der Waals surface area contributed by atoms with Gasteiger partial charge in [0.1, 0.15) is 6.42 Å². The molecule has 0 aliphatic heterocycles. The molecular weight excluding hydrogens is 250 g/mol. The van der Waals surface area contributed by atoms with E-state index in [9.17, 15) is 4.79 Å². The van der Waals surface area contributed by atoms with Gasteiger partial charge in [-0.15, -0.1) is 0 Å². The average Bonchev–Trinajstić information content (AvgIpc) is 2.79. The number of aryl methyl sites for hydroxylation is 1. The van der Waals surface area contributed by atoms with Crippen LogP contribution in [0, 0.1) is 11.3 Å². The standard InChI is InChI=1S/C16H19N3O/c1-16(2,19-15(20)8-10-17)9-7-12-11-18-14-6-4-3-5-13(12)14/h3-6,11,18H,7-9H2,1-2H3,(H,19,20). The minimum absolute atomic E-state index is 0.0868. The maximum Gasteiger partial charge on any atom is 0.234 e. The van der Waals surface area contributed by atoms with E-state index in [-0.39, 0.29) is 17.9 Å². The first-order chi connectivity index (χ1) is 9.52. The lowest BCUT2D eigenvalue weighted by molar-refractivity contribution is -0.121. The van der Waals surface area contributed by atoms with E-state index in [0.29, 0.717) is 0 Å². The summed E-state index contributed by atoms with van der Waals surface area (Å²) in [7, 11) is 0. The fourth-order valence-electron chi connectivity index (χ4n) is 2.34. The minimum Gasteiger partial charge on any atom is -0.361 e. The second-order valence-electron chi connectivity index (χ2n) is 5.63. The number of hydrogen-bond donors (Lipinski definition) is 2. The number of rotatable bonds is 5. The molecule has 0 radical (unpaired) electrons. The zero-order valence-electron chi connectivity index (χ0n) is 11.9. The fourth-order valence-corrected chi connectivity index (χ4v) is 2.34. The summed E-state index contributed by atoms with van der Waals surface area (Å²) < 4.78 is 0. The molecule has 0 unspecified atom stereocenters. The molecule has 2 N–H and O–H groups in total. The van der Waals surface area contributed by atoms with E-state index in [0.717, 1.165) is 18.4 Å². The third-order valence-electron chi connectivity index (χ3n) is 3.41. The molecule has 0 saturated carbocycles. The second-order valence-corrected chi connectivity index (χ2v) is 5.63. The Morgan fingerprint density at radius 1 is 1.40 bits per heavy atom. The zero-order valence-corrected chi connectivity index (χ0v) is 11.9. The van der Waals surface area contributed by atoms with E-state index in [1.54, 1.807) is 0 Å². The Morgan fingerprint density at radius 3 is 2.90 bits per heavy atom. The zero-order chi connectivity index (χ0) is 14.6. The molecular formula is C16H19N3O. The van der Waals surface area contributed by atoms with Crippen molar-refractivity contribution in [2.45, 2.75) is 38.6 Å². The van der Waals surface area contributed by atoms with Crippen LogP contribution in [-0.4, -0.2) is 16.4 Å². The lowest BCUT2D eigenvalue weighted by Crippen LogP contribution is -2.43. The second kappa shape index (κ2) is 5.79. The van der Waals surface area contributed by atoms with Crippen molar-refractivity contribution in [1.29, 1.82) is 5.26 Å². The van der Waals surface area contributed by atoms with Crippen molar-refractivity contribution in [1.82, 2.24) is 10.3 Å². The summed E-state index contributed by atoms with van der Waals surface area (Å²) in [5.74, 6) is -0.212. The van der Waals surface area contributed by atoms with Crippen molar-refractivity contribution < 1.29 is 4.79 Å². The number of aromatic amines is 1. The molecule has 104 valence electrons. The van der Waals surface area contributed by atoms with E-state index in [1.807, 2.05) is 38.2 Å². The number of H-pyrrole nitrogens is 1. The van der Waals surface area contributed by atoms with Crippen LogP contribution in [0.4, 0.5) is 0 Å². The fraction of sp³-hybridized carbons (Fsp3) is 0.375. The van der Waals surface area contributed by atoms with Crippen molar-refractivity contribution in [2.75, 3.05) is 0 Å². The van der Waals surface area contributed by atoms with Gasteiger partial charge in [0.15, 0.2) is 0 Å². The van der Waals surface area contributed by atoms with Crippen LogP contribution in [0.15, 0.2) is 30.5 Å². The maximum atomic E-state index is 11.5. The molecule has 1 aromatic carbocycles. The summed E-state index contributed by atoms with van der Waals surface area (Å²) in [5, 5.41) is 12.6. The highest BCUT2D eigenvalue weighted by atomic mass is 16.1. The highest BCUT2D eigenvalue weighted by Crippen LogP contribution is 2.21. The molecule has 1 aromatic heterocycles. The van der Waals surface area contributed by atoms with Gasteiger partial charge in [-0.1, -0.05) is 18.2 Å². The van der Waals surface area contributed by atoms with Gasteiger partial charge in [-0.3, -0.25) is 4.79 Å². The molecule has 0 atom stereocenters. The molecule has 0 fully saturated rings. The third kappa shape index (κ3) is 3.39. The SMILES string of the molecule is CC(C)(CCc1c[nH]c2ccccc12)NC(=O)CC#N. The Morgan fingerprint density at radius 2 is 2.15 bits per heavy atom. The van der Waals surface area contributed by atoms with E-state index in [2.05, 4.69) is 22.4 Å². The number of amides is 1. The molecule has 4 heteroatoms. The Kier molecular flexibility index (Phi) is 4.09. The molecule has 0 aliphatic carbocycles. The first-order valence-corrected chi connectivity index (χ1v) is 6.75.